The van der Waals surface area contributed by atoms with Crippen molar-refractivity contribution in [1.82, 2.24) is 9.55 Å². The molecular formula is C22H19N3O. The second-order valence-corrected chi connectivity index (χ2v) is 6.36. The minimum absolute atomic E-state index is 0.0740. The number of anilines is 1. The largest absolute Gasteiger partial charge is 0.493 e. The molecule has 4 aromatic rings. The van der Waals surface area contributed by atoms with E-state index in [1.165, 1.54) is 0 Å². The van der Waals surface area contributed by atoms with Gasteiger partial charge in [0.25, 0.3) is 0 Å². The van der Waals surface area contributed by atoms with Crippen LogP contribution in [0.4, 0.5) is 5.69 Å². The minimum atomic E-state index is -0.0740. The van der Waals surface area contributed by atoms with Gasteiger partial charge in [-0.15, -0.1) is 0 Å². The van der Waals surface area contributed by atoms with Crippen molar-refractivity contribution in [3.8, 4) is 17.1 Å². The number of ether oxygens (including phenoxy) is 1. The summed E-state index contributed by atoms with van der Waals surface area (Å²) in [6, 6.07) is 24.8. The van der Waals surface area contributed by atoms with Gasteiger partial charge in [0, 0.05) is 16.8 Å². The van der Waals surface area contributed by atoms with Crippen molar-refractivity contribution in [3.63, 3.8) is 0 Å². The number of imidazole rings is 1. The summed E-state index contributed by atoms with van der Waals surface area (Å²) in [5.74, 6) is 1.88. The highest BCUT2D eigenvalue weighted by Gasteiger charge is 2.29. The van der Waals surface area contributed by atoms with Gasteiger partial charge in [0.2, 0.25) is 0 Å². The number of hydrogen-bond acceptors (Lipinski definition) is 3. The van der Waals surface area contributed by atoms with E-state index < -0.39 is 0 Å². The van der Waals surface area contributed by atoms with Gasteiger partial charge in [-0.2, -0.15) is 0 Å². The van der Waals surface area contributed by atoms with Gasteiger partial charge in [0.05, 0.1) is 17.6 Å². The van der Waals surface area contributed by atoms with Crippen molar-refractivity contribution < 1.29 is 4.74 Å². The maximum atomic E-state index is 5.91. The fourth-order valence-electron chi connectivity index (χ4n) is 3.72. The van der Waals surface area contributed by atoms with E-state index in [1.54, 1.807) is 0 Å². The predicted octanol–water partition coefficient (Wildman–Crippen LogP) is 5.07. The van der Waals surface area contributed by atoms with E-state index in [4.69, 9.17) is 9.72 Å². The molecule has 0 saturated heterocycles. The molecule has 4 heteroatoms. The van der Waals surface area contributed by atoms with Crippen molar-refractivity contribution in [1.29, 1.82) is 0 Å². The molecule has 0 radical (unpaired) electrons. The second-order valence-electron chi connectivity index (χ2n) is 6.36. The predicted molar refractivity (Wildman–Crippen MR) is 105 cm³/mol. The summed E-state index contributed by atoms with van der Waals surface area (Å²) < 4.78 is 8.18. The lowest BCUT2D eigenvalue weighted by molar-refractivity contribution is 0.333. The molecule has 0 spiro atoms. The molecule has 4 nitrogen and oxygen atoms in total. The van der Waals surface area contributed by atoms with Crippen LogP contribution in [0.2, 0.25) is 0 Å². The van der Waals surface area contributed by atoms with Crippen LogP contribution < -0.4 is 10.1 Å². The van der Waals surface area contributed by atoms with Gasteiger partial charge in [0.1, 0.15) is 17.7 Å². The first-order valence-electron chi connectivity index (χ1n) is 8.91. The molecule has 0 unspecified atom stereocenters. The van der Waals surface area contributed by atoms with Crippen LogP contribution >= 0.6 is 0 Å². The van der Waals surface area contributed by atoms with Crippen molar-refractivity contribution in [2.75, 3.05) is 11.9 Å². The number of nitrogens with one attached hydrogen (secondary N) is 1. The highest BCUT2D eigenvalue weighted by atomic mass is 16.5. The van der Waals surface area contributed by atoms with Crippen LogP contribution in [0, 0.1) is 0 Å². The van der Waals surface area contributed by atoms with Crippen LogP contribution in [0.15, 0.2) is 72.8 Å². The number of nitrogens with zero attached hydrogens (tertiary/aromatic N) is 2. The van der Waals surface area contributed by atoms with Gasteiger partial charge in [-0.1, -0.05) is 42.5 Å². The van der Waals surface area contributed by atoms with Gasteiger partial charge in [0.15, 0.2) is 0 Å². The summed E-state index contributed by atoms with van der Waals surface area (Å²) in [4.78, 5) is 4.93. The molecule has 128 valence electrons. The number of hydrogen-bond donors (Lipinski definition) is 1. The lowest BCUT2D eigenvalue weighted by Crippen LogP contribution is -2.25. The molecule has 26 heavy (non-hydrogen) atoms. The van der Waals surface area contributed by atoms with Crippen LogP contribution in [-0.4, -0.2) is 16.2 Å². The fraction of sp³-hybridized carbons (Fsp3) is 0.136. The topological polar surface area (TPSA) is 39.1 Å². The van der Waals surface area contributed by atoms with Crippen LogP contribution in [0.5, 0.6) is 5.75 Å². The second kappa shape index (κ2) is 5.92. The normalized spacial score (nSPS) is 15.2. The first-order valence-corrected chi connectivity index (χ1v) is 8.91. The Labute approximate surface area is 152 Å². The van der Waals surface area contributed by atoms with Crippen LogP contribution in [0.25, 0.3) is 22.4 Å². The molecule has 1 atom stereocenters. The van der Waals surface area contributed by atoms with Crippen molar-refractivity contribution in [2.24, 2.45) is 0 Å². The molecule has 3 aromatic carbocycles. The molecule has 0 aliphatic carbocycles. The Balaban J connectivity index is 1.80. The van der Waals surface area contributed by atoms with E-state index in [2.05, 4.69) is 64.5 Å². The first-order chi connectivity index (χ1) is 12.9. The molecule has 1 aliphatic heterocycles. The molecule has 1 aliphatic rings. The highest BCUT2D eigenvalue weighted by Crippen LogP contribution is 2.42. The Morgan fingerprint density at radius 3 is 2.65 bits per heavy atom. The summed E-state index contributed by atoms with van der Waals surface area (Å²) in [6.45, 7) is 2.65. The third kappa shape index (κ3) is 2.19. The maximum absolute atomic E-state index is 5.91. The number of rotatable bonds is 3. The monoisotopic (exact) mass is 341 g/mol. The van der Waals surface area contributed by atoms with Crippen LogP contribution in [0.3, 0.4) is 0 Å². The summed E-state index contributed by atoms with van der Waals surface area (Å²) in [7, 11) is 0. The van der Waals surface area contributed by atoms with E-state index in [0.717, 1.165) is 39.4 Å². The highest BCUT2D eigenvalue weighted by molar-refractivity contribution is 5.86. The maximum Gasteiger partial charge on any atom is 0.145 e. The third-order valence-electron chi connectivity index (χ3n) is 4.83. The summed E-state index contributed by atoms with van der Waals surface area (Å²) in [6.07, 6.45) is -0.0740. The summed E-state index contributed by atoms with van der Waals surface area (Å²) in [5.41, 5.74) is 5.43. The van der Waals surface area contributed by atoms with Crippen molar-refractivity contribution >= 4 is 16.7 Å². The lowest BCUT2D eigenvalue weighted by atomic mass is 10.0. The molecule has 0 fully saturated rings. The third-order valence-corrected chi connectivity index (χ3v) is 4.83. The molecule has 0 amide bonds. The molecule has 0 saturated carbocycles. The Bertz CT molecular complexity index is 1100. The lowest BCUT2D eigenvalue weighted by Gasteiger charge is -2.31. The number of para-hydroxylation sites is 4. The zero-order valence-electron chi connectivity index (χ0n) is 14.5. The van der Waals surface area contributed by atoms with E-state index in [1.807, 2.05) is 25.1 Å². The van der Waals surface area contributed by atoms with E-state index >= 15 is 0 Å². The first kappa shape index (κ1) is 15.0. The van der Waals surface area contributed by atoms with Crippen molar-refractivity contribution in [2.45, 2.75) is 13.1 Å². The van der Waals surface area contributed by atoms with E-state index in [0.29, 0.717) is 6.61 Å². The minimum Gasteiger partial charge on any atom is -0.493 e. The average Bonchev–Trinajstić information content (AvgIpc) is 3.08. The average molecular weight is 341 g/mol. The summed E-state index contributed by atoms with van der Waals surface area (Å²) in [5, 5.41) is 3.69. The van der Waals surface area contributed by atoms with Gasteiger partial charge >= 0.3 is 0 Å². The molecular weight excluding hydrogens is 322 g/mol. The molecule has 0 bridgehead atoms. The summed E-state index contributed by atoms with van der Waals surface area (Å²) >= 11 is 0. The van der Waals surface area contributed by atoms with Gasteiger partial charge in [-0.05, 0) is 37.3 Å². The van der Waals surface area contributed by atoms with Gasteiger partial charge in [-0.25, -0.2) is 4.98 Å². The van der Waals surface area contributed by atoms with E-state index in [-0.39, 0.29) is 6.17 Å². The smallest absolute Gasteiger partial charge is 0.145 e. The van der Waals surface area contributed by atoms with Gasteiger partial charge in [-0.3, -0.25) is 4.57 Å². The Morgan fingerprint density at radius 2 is 1.73 bits per heavy atom. The molecule has 5 rings (SSSR count). The van der Waals surface area contributed by atoms with Crippen LogP contribution in [-0.2, 0) is 0 Å². The fourth-order valence-corrected chi connectivity index (χ4v) is 3.72. The number of benzene rings is 3. The Hall–Kier alpha value is -3.27. The number of aromatic nitrogens is 2. The van der Waals surface area contributed by atoms with Gasteiger partial charge < -0.3 is 10.1 Å². The molecule has 2 heterocycles. The molecule has 1 aromatic heterocycles. The SMILES string of the molecule is CCOc1ccccc1[C@@H]1Nc2ccccc2-c2nc3ccccc3n21. The number of fused-ring (bicyclic) bond motifs is 5. The standard InChI is InChI=1S/C22H19N3O/c1-2-26-20-14-8-4-10-16(20)22-23-17-11-5-3-9-15(17)21-24-18-12-6-7-13-19(18)25(21)22/h3-14,22-23H,2H2,1H3/t22-/m1/s1. The Kier molecular flexibility index (Phi) is 3.42. The molecule has 1 N–H and O–H groups in total. The van der Waals surface area contributed by atoms with Crippen LogP contribution in [0.1, 0.15) is 18.7 Å². The zero-order chi connectivity index (χ0) is 17.5. The van der Waals surface area contributed by atoms with E-state index in [9.17, 15) is 0 Å². The van der Waals surface area contributed by atoms with Crippen molar-refractivity contribution in [3.05, 3.63) is 78.4 Å². The Morgan fingerprint density at radius 1 is 0.962 bits per heavy atom. The quantitative estimate of drug-likeness (QED) is 0.565. The zero-order valence-corrected chi connectivity index (χ0v) is 14.5.